The topological polar surface area (TPSA) is 145 Å². The average Bonchev–Trinajstić information content (AvgIpc) is 2.91. The number of amides is 2. The molecule has 0 bridgehead atoms. The molecule has 12 nitrogen and oxygen atoms in total. The highest BCUT2D eigenvalue weighted by Crippen LogP contribution is 2.28. The molecule has 4 heterocycles. The van der Waals surface area contributed by atoms with Crippen molar-refractivity contribution >= 4 is 29.2 Å². The van der Waals surface area contributed by atoms with Crippen LogP contribution < -0.4 is 20.7 Å². The number of hydrogen-bond acceptors (Lipinski definition) is 10. The van der Waals surface area contributed by atoms with Crippen LogP contribution in [0.1, 0.15) is 31.3 Å². The van der Waals surface area contributed by atoms with Crippen LogP contribution in [0.4, 0.5) is 22.0 Å². The van der Waals surface area contributed by atoms with Gasteiger partial charge in [0.05, 0.1) is 55.8 Å². The molecule has 0 aliphatic carbocycles. The van der Waals surface area contributed by atoms with Crippen LogP contribution in [-0.4, -0.2) is 83.0 Å². The maximum atomic E-state index is 13.2. The van der Waals surface area contributed by atoms with Gasteiger partial charge in [-0.25, -0.2) is 14.8 Å². The van der Waals surface area contributed by atoms with Crippen LogP contribution in [0.5, 0.6) is 5.75 Å². The normalized spacial score (nSPS) is 15.8. The van der Waals surface area contributed by atoms with Crippen molar-refractivity contribution in [2.45, 2.75) is 32.5 Å². The molecule has 1 aromatic carbocycles. The molecular weight excluding hydrogens is 514 g/mol. The van der Waals surface area contributed by atoms with Gasteiger partial charge in [-0.05, 0) is 51.1 Å². The molecule has 5 rings (SSSR count). The summed E-state index contributed by atoms with van der Waals surface area (Å²) in [5.41, 5.74) is 8.17. The molecule has 3 N–H and O–H groups in total. The molecule has 210 valence electrons. The number of carbonyl (C=O) groups excluding carboxylic acids is 2. The first-order chi connectivity index (χ1) is 19.2. The molecule has 3 aromatic rings. The molecule has 2 aliphatic heterocycles. The number of aromatic nitrogens is 3. The van der Waals surface area contributed by atoms with Crippen LogP contribution in [0.15, 0.2) is 48.9 Å². The Balaban J connectivity index is 1.23. The number of hydrogen-bond donors (Lipinski definition) is 2. The van der Waals surface area contributed by atoms with E-state index in [1.165, 1.54) is 6.20 Å². The van der Waals surface area contributed by atoms with Gasteiger partial charge in [-0.1, -0.05) is 0 Å². The first-order valence-corrected chi connectivity index (χ1v) is 13.1. The van der Waals surface area contributed by atoms with Crippen molar-refractivity contribution < 1.29 is 23.8 Å². The minimum Gasteiger partial charge on any atom is -0.487 e. The Bertz CT molecular complexity index is 1360. The number of rotatable bonds is 6. The Labute approximate surface area is 232 Å². The number of ether oxygens (including phenoxy) is 3. The van der Waals surface area contributed by atoms with Crippen molar-refractivity contribution in [2.75, 3.05) is 55.3 Å². The third-order valence-corrected chi connectivity index (χ3v) is 6.37. The van der Waals surface area contributed by atoms with Gasteiger partial charge >= 0.3 is 6.09 Å². The Kier molecular flexibility index (Phi) is 7.69. The lowest BCUT2D eigenvalue weighted by molar-refractivity contribution is -0.0221. The molecule has 2 amide bonds. The predicted octanol–water partition coefficient (Wildman–Crippen LogP) is 3.21. The van der Waals surface area contributed by atoms with Gasteiger partial charge in [0, 0.05) is 24.8 Å². The average molecular weight is 548 g/mol. The van der Waals surface area contributed by atoms with Gasteiger partial charge in [0.2, 0.25) is 0 Å². The van der Waals surface area contributed by atoms with Crippen molar-refractivity contribution in [3.63, 3.8) is 0 Å². The van der Waals surface area contributed by atoms with Gasteiger partial charge in [0.25, 0.3) is 5.91 Å². The molecule has 0 unspecified atom stereocenters. The highest BCUT2D eigenvalue weighted by molar-refractivity contribution is 6.07. The summed E-state index contributed by atoms with van der Waals surface area (Å²) in [7, 11) is 0. The number of benzene rings is 1. The SMILES string of the molecule is CC(C)(C)OC(=O)N1CC(Oc2ccc(-c3cnc(N)c(C(=O)Nc4cnccc4N4CCOCC4)n3)cc2)C1. The van der Waals surface area contributed by atoms with Crippen LogP contribution in [0, 0.1) is 0 Å². The third-order valence-electron chi connectivity index (χ3n) is 6.37. The largest absolute Gasteiger partial charge is 0.487 e. The molecule has 2 aromatic heterocycles. The first kappa shape index (κ1) is 27.1. The molecule has 2 aliphatic rings. The van der Waals surface area contributed by atoms with E-state index in [2.05, 4.69) is 25.2 Å². The summed E-state index contributed by atoms with van der Waals surface area (Å²) in [6.07, 6.45) is 4.36. The molecule has 2 saturated heterocycles. The number of anilines is 3. The van der Waals surface area contributed by atoms with Crippen molar-refractivity contribution in [1.29, 1.82) is 0 Å². The van der Waals surface area contributed by atoms with Crippen molar-refractivity contribution in [3.8, 4) is 17.0 Å². The van der Waals surface area contributed by atoms with Crippen LogP contribution in [0.2, 0.25) is 0 Å². The maximum Gasteiger partial charge on any atom is 0.410 e. The summed E-state index contributed by atoms with van der Waals surface area (Å²) >= 11 is 0. The lowest BCUT2D eigenvalue weighted by atomic mass is 10.1. The van der Waals surface area contributed by atoms with Crippen LogP contribution >= 0.6 is 0 Å². The van der Waals surface area contributed by atoms with E-state index >= 15 is 0 Å². The second-order valence-electron chi connectivity index (χ2n) is 10.6. The van der Waals surface area contributed by atoms with Gasteiger partial charge in [-0.15, -0.1) is 0 Å². The highest BCUT2D eigenvalue weighted by Gasteiger charge is 2.35. The Morgan fingerprint density at radius 1 is 1.07 bits per heavy atom. The number of morpholine rings is 1. The van der Waals surface area contributed by atoms with E-state index in [4.69, 9.17) is 19.9 Å². The summed E-state index contributed by atoms with van der Waals surface area (Å²) in [6.45, 7) is 9.10. The van der Waals surface area contributed by atoms with E-state index in [1.54, 1.807) is 17.3 Å². The molecular formula is C28H33N7O5. The highest BCUT2D eigenvalue weighted by atomic mass is 16.6. The summed E-state index contributed by atoms with van der Waals surface area (Å²) in [5.74, 6) is 0.206. The number of nitrogen functional groups attached to an aromatic ring is 1. The maximum absolute atomic E-state index is 13.2. The molecule has 40 heavy (non-hydrogen) atoms. The smallest absolute Gasteiger partial charge is 0.410 e. The number of carbonyl (C=O) groups is 2. The Morgan fingerprint density at radius 3 is 2.50 bits per heavy atom. The van der Waals surface area contributed by atoms with Gasteiger partial charge in [-0.2, -0.15) is 0 Å². The summed E-state index contributed by atoms with van der Waals surface area (Å²) in [4.78, 5) is 41.9. The zero-order valence-corrected chi connectivity index (χ0v) is 22.8. The number of pyridine rings is 1. The van der Waals surface area contributed by atoms with Gasteiger partial charge in [0.15, 0.2) is 11.5 Å². The van der Waals surface area contributed by atoms with E-state index < -0.39 is 11.5 Å². The minimum atomic E-state index is -0.533. The van der Waals surface area contributed by atoms with Crippen molar-refractivity contribution in [3.05, 3.63) is 54.6 Å². The predicted molar refractivity (Wildman–Crippen MR) is 149 cm³/mol. The van der Waals surface area contributed by atoms with Crippen molar-refractivity contribution in [1.82, 2.24) is 19.9 Å². The summed E-state index contributed by atoms with van der Waals surface area (Å²) in [6, 6.07) is 9.15. The summed E-state index contributed by atoms with van der Waals surface area (Å²) < 4.78 is 16.8. The second kappa shape index (κ2) is 11.3. The summed E-state index contributed by atoms with van der Waals surface area (Å²) in [5, 5.41) is 2.89. The van der Waals surface area contributed by atoms with Crippen LogP contribution in [0.3, 0.4) is 0 Å². The fourth-order valence-electron chi connectivity index (χ4n) is 4.33. The lowest BCUT2D eigenvalue weighted by Crippen LogP contribution is -2.57. The minimum absolute atomic E-state index is 0.0197. The fraction of sp³-hybridized carbons (Fsp3) is 0.393. The zero-order chi connectivity index (χ0) is 28.3. The Morgan fingerprint density at radius 2 is 1.80 bits per heavy atom. The number of nitrogens with two attached hydrogens (primary N) is 1. The van der Waals surface area contributed by atoms with E-state index in [0.717, 1.165) is 11.3 Å². The van der Waals surface area contributed by atoms with Crippen LogP contribution in [0.25, 0.3) is 11.3 Å². The number of nitrogens with one attached hydrogen (secondary N) is 1. The van der Waals surface area contributed by atoms with Crippen molar-refractivity contribution in [2.24, 2.45) is 0 Å². The fourth-order valence-corrected chi connectivity index (χ4v) is 4.33. The molecule has 0 saturated carbocycles. The number of likely N-dealkylation sites (tertiary alicyclic amines) is 1. The first-order valence-electron chi connectivity index (χ1n) is 13.1. The van der Waals surface area contributed by atoms with E-state index in [0.29, 0.717) is 56.5 Å². The molecule has 0 atom stereocenters. The van der Waals surface area contributed by atoms with Gasteiger partial charge in [-0.3, -0.25) is 9.78 Å². The van der Waals surface area contributed by atoms with E-state index in [9.17, 15) is 9.59 Å². The van der Waals surface area contributed by atoms with Crippen LogP contribution in [-0.2, 0) is 9.47 Å². The van der Waals surface area contributed by atoms with Gasteiger partial charge < -0.3 is 35.1 Å². The van der Waals surface area contributed by atoms with E-state index in [-0.39, 0.29) is 23.7 Å². The van der Waals surface area contributed by atoms with Gasteiger partial charge in [0.1, 0.15) is 17.5 Å². The second-order valence-corrected chi connectivity index (χ2v) is 10.6. The lowest BCUT2D eigenvalue weighted by Gasteiger charge is -2.39. The third kappa shape index (κ3) is 6.40. The zero-order valence-electron chi connectivity index (χ0n) is 22.8. The molecule has 12 heteroatoms. The molecule has 0 radical (unpaired) electrons. The molecule has 2 fully saturated rings. The standard InChI is InChI=1S/C28H33N7O5/c1-28(2,3)40-27(37)35-16-20(17-35)39-19-6-4-18(5-7-19)21-15-31-25(29)24(32-21)26(36)33-22-14-30-9-8-23(22)34-10-12-38-13-11-34/h4-9,14-15,20H,10-13,16-17H2,1-3H3,(H2,29,31)(H,33,36). The molecule has 0 spiro atoms. The van der Waals surface area contributed by atoms with E-state index in [1.807, 2.05) is 51.1 Å². The Hall–Kier alpha value is -4.45. The quantitative estimate of drug-likeness (QED) is 0.472. The number of nitrogens with zero attached hydrogens (tertiary/aromatic N) is 5. The monoisotopic (exact) mass is 547 g/mol.